The number of anilines is 1. The Bertz CT molecular complexity index is 1710. The summed E-state index contributed by atoms with van der Waals surface area (Å²) in [5.74, 6) is -0.385. The van der Waals surface area contributed by atoms with Gasteiger partial charge in [-0.25, -0.2) is 8.42 Å². The molecule has 0 radical (unpaired) electrons. The molecule has 5 rings (SSSR count). The summed E-state index contributed by atoms with van der Waals surface area (Å²) in [6.45, 7) is 3.02. The molecule has 2 amide bonds. The zero-order valence-electron chi connectivity index (χ0n) is 24.2. The molecule has 0 aromatic heterocycles. The second-order valence-corrected chi connectivity index (χ2v) is 13.6. The van der Waals surface area contributed by atoms with Crippen LogP contribution in [0.4, 0.5) is 5.69 Å². The number of amides is 2. The van der Waals surface area contributed by atoms with Gasteiger partial charge in [-0.15, -0.1) is 0 Å². The number of nitrogens with zero attached hydrogens (tertiary/aromatic N) is 2. The Morgan fingerprint density at radius 1 is 0.907 bits per heavy atom. The lowest BCUT2D eigenvalue weighted by Crippen LogP contribution is -2.50. The largest absolute Gasteiger partial charge is 0.354 e. The number of unbranched alkanes of at least 4 members (excludes halogenated alkanes) is 1. The molecule has 9 heteroatoms. The molecule has 224 valence electrons. The Morgan fingerprint density at radius 3 is 2.37 bits per heavy atom. The van der Waals surface area contributed by atoms with Crippen LogP contribution >= 0.6 is 15.9 Å². The number of sulfonamides is 1. The third-order valence-electron chi connectivity index (χ3n) is 7.78. The normalized spacial score (nSPS) is 14.0. The molecule has 0 fully saturated rings. The number of hydrogen-bond donors (Lipinski definition) is 1. The molecule has 7 nitrogen and oxygen atoms in total. The first-order valence-electron chi connectivity index (χ1n) is 14.7. The molecule has 0 aliphatic carbocycles. The van der Waals surface area contributed by atoms with Crippen molar-refractivity contribution in [2.75, 3.05) is 17.4 Å². The smallest absolute Gasteiger partial charge is 0.265 e. The van der Waals surface area contributed by atoms with Gasteiger partial charge in [-0.2, -0.15) is 0 Å². The van der Waals surface area contributed by atoms with Gasteiger partial charge >= 0.3 is 0 Å². The van der Waals surface area contributed by atoms with E-state index in [4.69, 9.17) is 0 Å². The fraction of sp³-hybridized carbons (Fsp3) is 0.294. The second kappa shape index (κ2) is 13.7. The Morgan fingerprint density at radius 2 is 1.63 bits per heavy atom. The lowest BCUT2D eigenvalue weighted by molar-refractivity contribution is -0.141. The number of carbonyl (C=O) groups is 2. The average Bonchev–Trinajstić information content (AvgIpc) is 3.22. The van der Waals surface area contributed by atoms with E-state index in [-0.39, 0.29) is 31.3 Å². The van der Waals surface area contributed by atoms with Crippen molar-refractivity contribution in [3.63, 3.8) is 0 Å². The van der Waals surface area contributed by atoms with Crippen LogP contribution < -0.4 is 9.62 Å². The summed E-state index contributed by atoms with van der Waals surface area (Å²) in [4.78, 5) is 29.6. The van der Waals surface area contributed by atoms with E-state index in [1.807, 2.05) is 78.9 Å². The Kier molecular flexibility index (Phi) is 9.82. The predicted octanol–water partition coefficient (Wildman–Crippen LogP) is 6.45. The summed E-state index contributed by atoms with van der Waals surface area (Å²) >= 11 is 3.52. The van der Waals surface area contributed by atoms with E-state index in [0.717, 1.165) is 39.2 Å². The average molecular weight is 663 g/mol. The van der Waals surface area contributed by atoms with Crippen molar-refractivity contribution >= 4 is 54.2 Å². The Hall–Kier alpha value is -3.69. The lowest BCUT2D eigenvalue weighted by Gasteiger charge is -2.32. The number of nitrogens with one attached hydrogen (secondary N) is 1. The van der Waals surface area contributed by atoms with Crippen LogP contribution in [0.1, 0.15) is 43.7 Å². The van der Waals surface area contributed by atoms with Crippen LogP contribution in [0.2, 0.25) is 0 Å². The van der Waals surface area contributed by atoms with Gasteiger partial charge in [-0.3, -0.25) is 13.9 Å². The maximum atomic E-state index is 14.0. The minimum absolute atomic E-state index is 0.0971. The fourth-order valence-electron chi connectivity index (χ4n) is 5.61. The molecular formula is C34H36BrN3O4S. The van der Waals surface area contributed by atoms with E-state index < -0.39 is 16.1 Å². The van der Waals surface area contributed by atoms with Gasteiger partial charge in [-0.05, 0) is 53.6 Å². The van der Waals surface area contributed by atoms with E-state index in [1.165, 1.54) is 4.31 Å². The zero-order chi connectivity index (χ0) is 30.4. The van der Waals surface area contributed by atoms with Gasteiger partial charge in [0.25, 0.3) is 10.0 Å². The molecule has 4 aromatic carbocycles. The van der Waals surface area contributed by atoms with Gasteiger partial charge in [0, 0.05) is 42.3 Å². The first-order valence-corrected chi connectivity index (χ1v) is 16.9. The summed E-state index contributed by atoms with van der Waals surface area (Å²) in [6.07, 6.45) is 2.58. The fourth-order valence-corrected chi connectivity index (χ4v) is 7.80. The van der Waals surface area contributed by atoms with Crippen molar-refractivity contribution in [1.82, 2.24) is 10.2 Å². The van der Waals surface area contributed by atoms with Gasteiger partial charge in [-0.1, -0.05) is 96.0 Å². The topological polar surface area (TPSA) is 86.8 Å². The van der Waals surface area contributed by atoms with Gasteiger partial charge in [0.2, 0.25) is 11.8 Å². The predicted molar refractivity (Wildman–Crippen MR) is 174 cm³/mol. The van der Waals surface area contributed by atoms with Crippen molar-refractivity contribution in [3.05, 3.63) is 107 Å². The Labute approximate surface area is 262 Å². The number of halogens is 1. The van der Waals surface area contributed by atoms with Crippen LogP contribution in [0.15, 0.2) is 100 Å². The molecule has 4 aromatic rings. The summed E-state index contributed by atoms with van der Waals surface area (Å²) in [6, 6.07) is 27.6. The monoisotopic (exact) mass is 661 g/mol. The summed E-state index contributed by atoms with van der Waals surface area (Å²) in [7, 11) is -3.71. The molecule has 1 unspecified atom stereocenters. The molecule has 0 spiro atoms. The number of rotatable bonds is 13. The minimum Gasteiger partial charge on any atom is -0.354 e. The van der Waals surface area contributed by atoms with Crippen LogP contribution in [0.3, 0.4) is 0 Å². The van der Waals surface area contributed by atoms with E-state index in [9.17, 15) is 18.0 Å². The molecule has 0 bridgehead atoms. The highest BCUT2D eigenvalue weighted by Crippen LogP contribution is 2.42. The molecule has 1 heterocycles. The number of carbonyl (C=O) groups excluding carboxylic acids is 2. The van der Waals surface area contributed by atoms with Gasteiger partial charge < -0.3 is 10.2 Å². The molecule has 1 aliphatic rings. The van der Waals surface area contributed by atoms with E-state index in [0.29, 0.717) is 30.0 Å². The summed E-state index contributed by atoms with van der Waals surface area (Å²) in [5.41, 5.74) is 2.49. The second-order valence-electron chi connectivity index (χ2n) is 10.8. The van der Waals surface area contributed by atoms with Crippen LogP contribution in [-0.2, 0) is 32.6 Å². The SMILES string of the molecule is CCCCNC(=O)C(Cc1ccccc1)N(Cc1cccc(Br)c1)C(=O)CCCN1c2cccc3cccc(c23)S1(=O)=O. The number of benzene rings is 4. The molecule has 43 heavy (non-hydrogen) atoms. The van der Waals surface area contributed by atoms with E-state index >= 15 is 0 Å². The maximum Gasteiger partial charge on any atom is 0.265 e. The van der Waals surface area contributed by atoms with Crippen LogP contribution in [-0.4, -0.2) is 44.3 Å². The first kappa shape index (κ1) is 30.8. The van der Waals surface area contributed by atoms with Crippen LogP contribution in [0.5, 0.6) is 0 Å². The Balaban J connectivity index is 1.39. The quantitative estimate of drug-likeness (QED) is 0.167. The summed E-state index contributed by atoms with van der Waals surface area (Å²) in [5, 5.41) is 4.63. The van der Waals surface area contributed by atoms with E-state index in [2.05, 4.69) is 28.2 Å². The van der Waals surface area contributed by atoms with Crippen molar-refractivity contribution in [3.8, 4) is 0 Å². The third kappa shape index (κ3) is 6.94. The van der Waals surface area contributed by atoms with Crippen molar-refractivity contribution in [2.24, 2.45) is 0 Å². The van der Waals surface area contributed by atoms with Crippen molar-refractivity contribution < 1.29 is 18.0 Å². The molecule has 1 atom stereocenters. The maximum absolute atomic E-state index is 14.0. The zero-order valence-corrected chi connectivity index (χ0v) is 26.6. The standard InChI is InChI=1S/C34H36BrN3O4S/c1-2-3-20-36-34(40)30(23-25-11-5-4-6-12-25)37(24-26-13-7-16-28(35)22-26)32(39)19-10-21-38-29-17-8-14-27-15-9-18-31(33(27)29)43(38,41)42/h4-9,11-18,22,30H,2-3,10,19-21,23-24H2,1H3,(H,36,40). The summed E-state index contributed by atoms with van der Waals surface area (Å²) < 4.78 is 29.2. The number of hydrogen-bond acceptors (Lipinski definition) is 4. The molecule has 0 saturated heterocycles. The molecule has 1 N–H and O–H groups in total. The molecule has 0 saturated carbocycles. The third-order valence-corrected chi connectivity index (χ3v) is 10.1. The minimum atomic E-state index is -3.71. The van der Waals surface area contributed by atoms with Gasteiger partial charge in [0.05, 0.1) is 10.6 Å². The van der Waals surface area contributed by atoms with Gasteiger partial charge in [0.15, 0.2) is 0 Å². The van der Waals surface area contributed by atoms with Crippen LogP contribution in [0.25, 0.3) is 10.8 Å². The first-order chi connectivity index (χ1) is 20.8. The highest BCUT2D eigenvalue weighted by atomic mass is 79.9. The van der Waals surface area contributed by atoms with E-state index in [1.54, 1.807) is 17.0 Å². The van der Waals surface area contributed by atoms with Crippen molar-refractivity contribution in [2.45, 2.75) is 56.5 Å². The van der Waals surface area contributed by atoms with Crippen molar-refractivity contribution in [1.29, 1.82) is 0 Å². The van der Waals surface area contributed by atoms with Gasteiger partial charge in [0.1, 0.15) is 6.04 Å². The highest BCUT2D eigenvalue weighted by molar-refractivity contribution is 9.10. The molecule has 1 aliphatic heterocycles. The lowest BCUT2D eigenvalue weighted by atomic mass is 10.0. The highest BCUT2D eigenvalue weighted by Gasteiger charge is 2.36. The van der Waals surface area contributed by atoms with Crippen LogP contribution in [0, 0.1) is 0 Å². The molecular weight excluding hydrogens is 626 g/mol.